The minimum absolute atomic E-state index is 0.0537. The first-order valence-corrected chi connectivity index (χ1v) is 9.45. The molecule has 0 radical (unpaired) electrons. The van der Waals surface area contributed by atoms with Crippen LogP contribution in [-0.2, 0) is 0 Å². The molecule has 1 fully saturated rings. The van der Waals surface area contributed by atoms with Gasteiger partial charge >= 0.3 is 0 Å². The number of benzene rings is 1. The zero-order valence-electron chi connectivity index (χ0n) is 15.5. The Kier molecular flexibility index (Phi) is 5.34. The van der Waals surface area contributed by atoms with E-state index < -0.39 is 5.66 Å². The minimum atomic E-state index is -0.617. The van der Waals surface area contributed by atoms with Crippen molar-refractivity contribution in [3.05, 3.63) is 24.0 Å². The van der Waals surface area contributed by atoms with Gasteiger partial charge in [0.1, 0.15) is 17.2 Å². The molecule has 2 aliphatic rings. The van der Waals surface area contributed by atoms with Gasteiger partial charge in [-0.3, -0.25) is 4.90 Å². The van der Waals surface area contributed by atoms with Gasteiger partial charge in [0.25, 0.3) is 0 Å². The summed E-state index contributed by atoms with van der Waals surface area (Å²) in [4.78, 5) is 10.6. The van der Waals surface area contributed by atoms with Gasteiger partial charge in [-0.1, -0.05) is 20.3 Å². The van der Waals surface area contributed by atoms with Gasteiger partial charge in [-0.15, -0.1) is 0 Å². The fourth-order valence-electron chi connectivity index (χ4n) is 3.87. The van der Waals surface area contributed by atoms with E-state index in [0.717, 1.165) is 44.9 Å². The summed E-state index contributed by atoms with van der Waals surface area (Å²) in [5.41, 5.74) is 12.1. The molecule has 1 aromatic carbocycles. The van der Waals surface area contributed by atoms with E-state index in [9.17, 15) is 4.39 Å². The van der Waals surface area contributed by atoms with Gasteiger partial charge in [0.2, 0.25) is 11.9 Å². The van der Waals surface area contributed by atoms with Gasteiger partial charge in [0.15, 0.2) is 0 Å². The average molecular weight is 361 g/mol. The van der Waals surface area contributed by atoms with Gasteiger partial charge < -0.3 is 16.2 Å². The number of anilines is 1. The van der Waals surface area contributed by atoms with E-state index in [0.29, 0.717) is 11.4 Å². The number of hydrogen-bond donors (Lipinski definition) is 2. The first-order valence-electron chi connectivity index (χ1n) is 9.45. The highest BCUT2D eigenvalue weighted by atomic mass is 19.1. The summed E-state index contributed by atoms with van der Waals surface area (Å²) >= 11 is 0. The van der Waals surface area contributed by atoms with Gasteiger partial charge in [0, 0.05) is 6.07 Å². The van der Waals surface area contributed by atoms with Crippen LogP contribution in [0.3, 0.4) is 0 Å². The smallest absolute Gasteiger partial charge is 0.220 e. The van der Waals surface area contributed by atoms with Crippen LogP contribution in [-0.4, -0.2) is 23.7 Å². The van der Waals surface area contributed by atoms with Crippen molar-refractivity contribution in [2.75, 3.05) is 4.90 Å². The molecule has 0 atom stereocenters. The molecule has 0 saturated heterocycles. The molecule has 142 valence electrons. The number of ether oxygens (including phenoxy) is 1. The molecule has 4 N–H and O–H groups in total. The van der Waals surface area contributed by atoms with Crippen LogP contribution in [0, 0.1) is 5.82 Å². The largest absolute Gasteiger partial charge is 0.488 e. The summed E-state index contributed by atoms with van der Waals surface area (Å²) in [6, 6.07) is 4.52. The molecule has 0 bridgehead atoms. The number of nitrogens with zero attached hydrogens (tertiary/aromatic N) is 3. The molecule has 1 aliphatic carbocycles. The monoisotopic (exact) mass is 361 g/mol. The Morgan fingerprint density at radius 3 is 2.54 bits per heavy atom. The van der Waals surface area contributed by atoms with E-state index in [4.69, 9.17) is 16.2 Å². The molecule has 1 spiro atoms. The van der Waals surface area contributed by atoms with Crippen LogP contribution in [0.1, 0.15) is 58.8 Å². The fourth-order valence-corrected chi connectivity index (χ4v) is 3.87. The number of guanidine groups is 2. The fraction of sp³-hybridized carbons (Fsp3) is 0.579. The number of aliphatic imine (C=N–C) groups is 2. The van der Waals surface area contributed by atoms with Crippen molar-refractivity contribution in [2.45, 2.75) is 70.6 Å². The Bertz CT molecular complexity index is 708. The highest BCUT2D eigenvalue weighted by Crippen LogP contribution is 2.43. The summed E-state index contributed by atoms with van der Waals surface area (Å²) in [7, 11) is 0. The summed E-state index contributed by atoms with van der Waals surface area (Å²) in [6.07, 6.45) is 6.55. The molecule has 0 aromatic heterocycles. The normalized spacial score (nSPS) is 19.5. The van der Waals surface area contributed by atoms with Gasteiger partial charge in [-0.25, -0.2) is 9.38 Å². The van der Waals surface area contributed by atoms with Crippen molar-refractivity contribution in [1.82, 2.24) is 0 Å². The van der Waals surface area contributed by atoms with E-state index >= 15 is 0 Å². The Morgan fingerprint density at radius 2 is 1.88 bits per heavy atom. The molecule has 1 heterocycles. The third-order valence-corrected chi connectivity index (χ3v) is 5.22. The van der Waals surface area contributed by atoms with Crippen LogP contribution in [0.15, 0.2) is 28.2 Å². The van der Waals surface area contributed by atoms with Crippen LogP contribution in [0.2, 0.25) is 0 Å². The Balaban J connectivity index is 2.07. The lowest BCUT2D eigenvalue weighted by Gasteiger charge is -2.46. The zero-order chi connectivity index (χ0) is 18.7. The maximum absolute atomic E-state index is 14.1. The maximum Gasteiger partial charge on any atom is 0.220 e. The molecular weight excluding hydrogens is 333 g/mol. The van der Waals surface area contributed by atoms with Gasteiger partial charge in [0.05, 0.1) is 11.8 Å². The van der Waals surface area contributed by atoms with Crippen molar-refractivity contribution < 1.29 is 9.13 Å². The quantitative estimate of drug-likeness (QED) is 0.840. The lowest BCUT2D eigenvalue weighted by molar-refractivity contribution is 0.192. The van der Waals surface area contributed by atoms with Crippen LogP contribution < -0.4 is 21.1 Å². The molecule has 6 nitrogen and oxygen atoms in total. The van der Waals surface area contributed by atoms with Crippen molar-refractivity contribution in [3.8, 4) is 5.75 Å². The molecule has 26 heavy (non-hydrogen) atoms. The van der Waals surface area contributed by atoms with E-state index in [1.54, 1.807) is 6.07 Å². The molecule has 1 saturated carbocycles. The Labute approximate surface area is 154 Å². The zero-order valence-corrected chi connectivity index (χ0v) is 15.5. The summed E-state index contributed by atoms with van der Waals surface area (Å²) in [6.45, 7) is 4.14. The predicted molar refractivity (Wildman–Crippen MR) is 103 cm³/mol. The first-order chi connectivity index (χ1) is 12.5. The van der Waals surface area contributed by atoms with E-state index in [2.05, 4.69) is 23.8 Å². The number of nitrogens with two attached hydrogens (primary N) is 2. The minimum Gasteiger partial charge on any atom is -0.488 e. The second-order valence-electron chi connectivity index (χ2n) is 6.99. The van der Waals surface area contributed by atoms with Crippen LogP contribution in [0.5, 0.6) is 5.75 Å². The second kappa shape index (κ2) is 7.51. The predicted octanol–water partition coefficient (Wildman–Crippen LogP) is 3.50. The molecule has 7 heteroatoms. The van der Waals surface area contributed by atoms with E-state index in [-0.39, 0.29) is 23.8 Å². The Morgan fingerprint density at radius 1 is 1.19 bits per heavy atom. The standard InChI is InChI=1S/C19H28FN5O/c1-3-14(4-2)26-16-9-8-13(20)12-15(16)25-18(22)23-17(21)24-19(25)10-6-5-7-11-19/h8-9,12,14H,3-7,10-11H2,1-2H3,(H4,21,22,23,24). The average Bonchev–Trinajstić information content (AvgIpc) is 2.61. The third kappa shape index (κ3) is 3.48. The summed E-state index contributed by atoms with van der Waals surface area (Å²) in [5, 5.41) is 0. The second-order valence-corrected chi connectivity index (χ2v) is 6.99. The Hall–Kier alpha value is -2.31. The SMILES string of the molecule is CCC(CC)Oc1ccc(F)cc1N1C(N)=NC(N)=NC12CCCCC2. The third-order valence-electron chi connectivity index (χ3n) is 5.22. The number of hydrogen-bond acceptors (Lipinski definition) is 6. The highest BCUT2D eigenvalue weighted by Gasteiger charge is 2.43. The molecule has 0 unspecified atom stereocenters. The van der Waals surface area contributed by atoms with Crippen LogP contribution in [0.25, 0.3) is 0 Å². The molecule has 1 aliphatic heterocycles. The lowest BCUT2D eigenvalue weighted by Crippen LogP contribution is -2.58. The van der Waals surface area contributed by atoms with Crippen LogP contribution >= 0.6 is 0 Å². The lowest BCUT2D eigenvalue weighted by atomic mass is 9.87. The molecular formula is C19H28FN5O. The number of rotatable bonds is 5. The first kappa shape index (κ1) is 18.5. The molecule has 0 amide bonds. The molecule has 1 aromatic rings. The van der Waals surface area contributed by atoms with Crippen molar-refractivity contribution in [2.24, 2.45) is 21.5 Å². The van der Waals surface area contributed by atoms with Crippen molar-refractivity contribution in [1.29, 1.82) is 0 Å². The van der Waals surface area contributed by atoms with Crippen LogP contribution in [0.4, 0.5) is 10.1 Å². The topological polar surface area (TPSA) is 89.2 Å². The van der Waals surface area contributed by atoms with E-state index in [1.807, 2.05) is 4.90 Å². The number of halogens is 1. The van der Waals surface area contributed by atoms with Crippen molar-refractivity contribution in [3.63, 3.8) is 0 Å². The van der Waals surface area contributed by atoms with Gasteiger partial charge in [-0.05, 0) is 50.7 Å². The van der Waals surface area contributed by atoms with Gasteiger partial charge in [-0.2, -0.15) is 4.99 Å². The maximum atomic E-state index is 14.1. The molecule has 3 rings (SSSR count). The summed E-state index contributed by atoms with van der Waals surface area (Å²) in [5.74, 6) is 0.663. The summed E-state index contributed by atoms with van der Waals surface area (Å²) < 4.78 is 20.3. The van der Waals surface area contributed by atoms with Crippen molar-refractivity contribution >= 4 is 17.6 Å². The van der Waals surface area contributed by atoms with E-state index in [1.165, 1.54) is 12.1 Å². The highest BCUT2D eigenvalue weighted by molar-refractivity contribution is 6.06.